The molecule has 72 valence electrons. The molecule has 0 unspecified atom stereocenters. The smallest absolute Gasteiger partial charge is 0.198 e. The van der Waals surface area contributed by atoms with Crippen LogP contribution in [0.2, 0.25) is 5.02 Å². The van der Waals surface area contributed by atoms with Gasteiger partial charge in [0, 0.05) is 0 Å². The Bertz CT molecular complexity index is 326. The van der Waals surface area contributed by atoms with E-state index < -0.39 is 5.82 Å². The van der Waals surface area contributed by atoms with Crippen molar-refractivity contribution in [1.29, 1.82) is 0 Å². The van der Waals surface area contributed by atoms with Gasteiger partial charge in [-0.25, -0.2) is 4.39 Å². The molecule has 0 aliphatic carbocycles. The van der Waals surface area contributed by atoms with Crippen LogP contribution in [0.4, 0.5) is 4.39 Å². The van der Waals surface area contributed by atoms with Crippen LogP contribution in [0, 0.1) is 12.7 Å². The summed E-state index contributed by atoms with van der Waals surface area (Å²) in [5.41, 5.74) is 0.433. The van der Waals surface area contributed by atoms with Gasteiger partial charge in [-0.2, -0.15) is 0 Å². The maximum absolute atomic E-state index is 13.4. The summed E-state index contributed by atoms with van der Waals surface area (Å²) in [6, 6.07) is 1.50. The number of halogens is 2. The maximum Gasteiger partial charge on any atom is 0.198 e. The molecule has 1 aromatic rings. The zero-order chi connectivity index (χ0) is 10.0. The minimum atomic E-state index is -0.441. The van der Waals surface area contributed by atoms with E-state index in [0.717, 1.165) is 0 Å². The summed E-state index contributed by atoms with van der Waals surface area (Å²) < 4.78 is 23.1. The Labute approximate surface area is 81.2 Å². The van der Waals surface area contributed by atoms with Gasteiger partial charge in [-0.15, -0.1) is 0 Å². The van der Waals surface area contributed by atoms with E-state index in [9.17, 15) is 4.39 Å². The molecule has 0 saturated carbocycles. The van der Waals surface area contributed by atoms with Crippen molar-refractivity contribution in [3.05, 3.63) is 22.5 Å². The summed E-state index contributed by atoms with van der Waals surface area (Å²) in [5, 5.41) is 0.346. The molecular formula is C9H10ClFO2. The molecule has 0 aliphatic heterocycles. The van der Waals surface area contributed by atoms with Gasteiger partial charge in [0.25, 0.3) is 0 Å². The van der Waals surface area contributed by atoms with Gasteiger partial charge in [0.15, 0.2) is 17.3 Å². The van der Waals surface area contributed by atoms with Crippen LogP contribution in [-0.4, -0.2) is 14.2 Å². The first kappa shape index (κ1) is 10.1. The molecule has 4 heteroatoms. The molecule has 13 heavy (non-hydrogen) atoms. The van der Waals surface area contributed by atoms with E-state index in [2.05, 4.69) is 0 Å². The van der Waals surface area contributed by atoms with Crippen molar-refractivity contribution < 1.29 is 13.9 Å². The summed E-state index contributed by atoms with van der Waals surface area (Å²) in [4.78, 5) is 0. The van der Waals surface area contributed by atoms with E-state index in [1.807, 2.05) is 0 Å². The third-order valence-corrected chi connectivity index (χ3v) is 2.00. The fourth-order valence-electron chi connectivity index (χ4n) is 1.08. The van der Waals surface area contributed by atoms with E-state index in [4.69, 9.17) is 21.1 Å². The molecule has 0 radical (unpaired) electrons. The van der Waals surface area contributed by atoms with E-state index in [0.29, 0.717) is 10.6 Å². The lowest BCUT2D eigenvalue weighted by Gasteiger charge is -2.11. The topological polar surface area (TPSA) is 18.5 Å². The Hall–Kier alpha value is -0.960. The number of benzene rings is 1. The molecule has 0 aromatic heterocycles. The quantitative estimate of drug-likeness (QED) is 0.738. The predicted molar refractivity (Wildman–Crippen MR) is 49.3 cm³/mol. The number of aryl methyl sites for hydroxylation is 1. The molecule has 0 fully saturated rings. The minimum Gasteiger partial charge on any atom is -0.491 e. The highest BCUT2D eigenvalue weighted by Gasteiger charge is 2.16. The first-order valence-corrected chi connectivity index (χ1v) is 4.06. The van der Waals surface area contributed by atoms with Crippen LogP contribution in [-0.2, 0) is 0 Å². The summed E-state index contributed by atoms with van der Waals surface area (Å²) in [7, 11) is 2.79. The van der Waals surface area contributed by atoms with E-state index in [-0.39, 0.29) is 11.5 Å². The SMILES string of the molecule is COc1c(Cl)cc(C)c(F)c1OC. The van der Waals surface area contributed by atoms with Crippen molar-refractivity contribution in [1.82, 2.24) is 0 Å². The second-order valence-corrected chi connectivity index (χ2v) is 2.96. The molecular weight excluding hydrogens is 195 g/mol. The van der Waals surface area contributed by atoms with Gasteiger partial charge in [0.05, 0.1) is 19.2 Å². The highest BCUT2D eigenvalue weighted by molar-refractivity contribution is 6.32. The minimum absolute atomic E-state index is 0.0486. The highest BCUT2D eigenvalue weighted by atomic mass is 35.5. The second kappa shape index (κ2) is 3.83. The molecule has 2 nitrogen and oxygen atoms in total. The van der Waals surface area contributed by atoms with Gasteiger partial charge in [0.2, 0.25) is 0 Å². The van der Waals surface area contributed by atoms with Gasteiger partial charge in [-0.3, -0.25) is 0 Å². The lowest BCUT2D eigenvalue weighted by atomic mass is 10.2. The Morgan fingerprint density at radius 3 is 2.23 bits per heavy atom. The van der Waals surface area contributed by atoms with Crippen LogP contribution in [0.3, 0.4) is 0 Å². The van der Waals surface area contributed by atoms with Crippen molar-refractivity contribution in [3.8, 4) is 11.5 Å². The Kier molecular flexibility index (Phi) is 2.98. The monoisotopic (exact) mass is 204 g/mol. The van der Waals surface area contributed by atoms with Gasteiger partial charge in [-0.1, -0.05) is 11.6 Å². The van der Waals surface area contributed by atoms with Crippen LogP contribution >= 0.6 is 11.6 Å². The largest absolute Gasteiger partial charge is 0.491 e. The lowest BCUT2D eigenvalue weighted by Crippen LogP contribution is -1.96. The van der Waals surface area contributed by atoms with Gasteiger partial charge in [-0.05, 0) is 18.6 Å². The first-order chi connectivity index (χ1) is 6.11. The normalized spacial score (nSPS) is 9.92. The zero-order valence-electron chi connectivity index (χ0n) is 7.65. The Morgan fingerprint density at radius 1 is 1.23 bits per heavy atom. The van der Waals surface area contributed by atoms with Crippen LogP contribution in [0.25, 0.3) is 0 Å². The number of hydrogen-bond acceptors (Lipinski definition) is 2. The molecule has 0 saturated heterocycles. The molecule has 0 heterocycles. The number of hydrogen-bond donors (Lipinski definition) is 0. The molecule has 0 bridgehead atoms. The summed E-state index contributed by atoms with van der Waals surface area (Å²) >= 11 is 5.81. The fourth-order valence-corrected chi connectivity index (χ4v) is 1.41. The standard InChI is InChI=1S/C9H10ClFO2/c1-5-4-6(10)8(12-2)9(13-3)7(5)11/h4H,1-3H3. The summed E-state index contributed by atoms with van der Waals surface area (Å²) in [6.45, 7) is 1.61. The maximum atomic E-state index is 13.4. The molecule has 0 amide bonds. The molecule has 0 atom stereocenters. The average Bonchev–Trinajstić information content (AvgIpc) is 2.10. The first-order valence-electron chi connectivity index (χ1n) is 3.68. The third kappa shape index (κ3) is 1.70. The number of methoxy groups -OCH3 is 2. The van der Waals surface area contributed by atoms with Crippen LogP contribution < -0.4 is 9.47 Å². The van der Waals surface area contributed by atoms with Crippen molar-refractivity contribution in [2.75, 3.05) is 14.2 Å². The molecule has 0 N–H and O–H groups in total. The van der Waals surface area contributed by atoms with Crippen molar-refractivity contribution in [2.24, 2.45) is 0 Å². The van der Waals surface area contributed by atoms with Crippen molar-refractivity contribution in [3.63, 3.8) is 0 Å². The lowest BCUT2D eigenvalue weighted by molar-refractivity contribution is 0.336. The fraction of sp³-hybridized carbons (Fsp3) is 0.333. The highest BCUT2D eigenvalue weighted by Crippen LogP contribution is 2.38. The Morgan fingerprint density at radius 2 is 1.77 bits per heavy atom. The van der Waals surface area contributed by atoms with Gasteiger partial charge in [0.1, 0.15) is 0 Å². The third-order valence-electron chi connectivity index (χ3n) is 1.72. The Balaban J connectivity index is 3.41. The van der Waals surface area contributed by atoms with Crippen LogP contribution in [0.5, 0.6) is 11.5 Å². The van der Waals surface area contributed by atoms with Gasteiger partial charge >= 0.3 is 0 Å². The van der Waals surface area contributed by atoms with E-state index in [1.54, 1.807) is 6.92 Å². The van der Waals surface area contributed by atoms with Crippen LogP contribution in [0.15, 0.2) is 6.07 Å². The van der Waals surface area contributed by atoms with Crippen LogP contribution in [0.1, 0.15) is 5.56 Å². The molecule has 1 aromatic carbocycles. The summed E-state index contributed by atoms with van der Waals surface area (Å²) in [5.74, 6) is -0.163. The van der Waals surface area contributed by atoms with E-state index in [1.165, 1.54) is 20.3 Å². The van der Waals surface area contributed by atoms with E-state index >= 15 is 0 Å². The predicted octanol–water partition coefficient (Wildman–Crippen LogP) is 2.80. The van der Waals surface area contributed by atoms with Gasteiger partial charge < -0.3 is 9.47 Å². The number of ether oxygens (including phenoxy) is 2. The average molecular weight is 205 g/mol. The zero-order valence-corrected chi connectivity index (χ0v) is 8.41. The molecule has 0 aliphatic rings. The number of rotatable bonds is 2. The second-order valence-electron chi connectivity index (χ2n) is 2.56. The van der Waals surface area contributed by atoms with Crippen molar-refractivity contribution >= 4 is 11.6 Å². The molecule has 1 rings (SSSR count). The van der Waals surface area contributed by atoms with Crippen molar-refractivity contribution in [2.45, 2.75) is 6.92 Å². The summed E-state index contributed by atoms with van der Waals surface area (Å²) in [6.07, 6.45) is 0. The molecule has 0 spiro atoms.